The van der Waals surface area contributed by atoms with Crippen LogP contribution in [0.3, 0.4) is 0 Å². The summed E-state index contributed by atoms with van der Waals surface area (Å²) in [6.45, 7) is 7.17. The lowest BCUT2D eigenvalue weighted by Gasteiger charge is -2.10. The summed E-state index contributed by atoms with van der Waals surface area (Å²) in [7, 11) is 0. The first-order chi connectivity index (χ1) is 9.61. The fraction of sp³-hybridized carbons (Fsp3) is 0.353. The molecule has 0 unspecified atom stereocenters. The van der Waals surface area contributed by atoms with Gasteiger partial charge in [-0.1, -0.05) is 44.2 Å². The molecule has 0 atom stereocenters. The first kappa shape index (κ1) is 14.4. The quantitative estimate of drug-likeness (QED) is 0.887. The second kappa shape index (κ2) is 5.95. The Balaban J connectivity index is 2.76. The van der Waals surface area contributed by atoms with Gasteiger partial charge in [0.15, 0.2) is 0 Å². The lowest BCUT2D eigenvalue weighted by Crippen LogP contribution is -2.13. The van der Waals surface area contributed by atoms with Crippen LogP contribution in [-0.2, 0) is 13.0 Å². The van der Waals surface area contributed by atoms with Gasteiger partial charge in [-0.2, -0.15) is 0 Å². The van der Waals surface area contributed by atoms with Crippen molar-refractivity contribution in [2.75, 3.05) is 0 Å². The third-order valence-electron chi connectivity index (χ3n) is 3.72. The average molecular weight is 270 g/mol. The molecule has 0 saturated carbocycles. The summed E-state index contributed by atoms with van der Waals surface area (Å²) in [5, 5.41) is 0. The van der Waals surface area contributed by atoms with E-state index in [2.05, 4.69) is 18.4 Å². The molecule has 0 aliphatic carbocycles. The fourth-order valence-corrected chi connectivity index (χ4v) is 2.91. The summed E-state index contributed by atoms with van der Waals surface area (Å²) < 4.78 is 2.24. The molecule has 3 nitrogen and oxygen atoms in total. The number of hydrogen-bond acceptors (Lipinski definition) is 1. The van der Waals surface area contributed by atoms with Crippen LogP contribution in [0.2, 0.25) is 0 Å². The molecule has 0 aliphatic heterocycles. The predicted molar refractivity (Wildman–Crippen MR) is 82.8 cm³/mol. The second-order valence-electron chi connectivity index (χ2n) is 5.02. The molecule has 0 saturated heterocycles. The smallest absolute Gasteiger partial charge is 0.251 e. The summed E-state index contributed by atoms with van der Waals surface area (Å²) in [4.78, 5) is 11.9. The molecule has 0 bridgehead atoms. The molecule has 2 N–H and O–H groups in total. The van der Waals surface area contributed by atoms with E-state index in [0.29, 0.717) is 5.56 Å². The van der Waals surface area contributed by atoms with Crippen molar-refractivity contribution in [3.8, 4) is 11.1 Å². The van der Waals surface area contributed by atoms with Crippen LogP contribution >= 0.6 is 0 Å². The minimum atomic E-state index is -0.342. The third kappa shape index (κ3) is 2.36. The molecule has 2 rings (SSSR count). The van der Waals surface area contributed by atoms with E-state index >= 15 is 0 Å². The SMILES string of the molecule is CCCn1c(C)c(C(N)=O)c(-c2ccccc2)c1CC. The first-order valence-electron chi connectivity index (χ1n) is 7.18. The molecule has 0 aliphatic rings. The van der Waals surface area contributed by atoms with Gasteiger partial charge in [-0.15, -0.1) is 0 Å². The third-order valence-corrected chi connectivity index (χ3v) is 3.72. The van der Waals surface area contributed by atoms with Crippen LogP contribution in [0.1, 0.15) is 42.0 Å². The Kier molecular flexibility index (Phi) is 4.28. The number of amides is 1. The number of carbonyl (C=O) groups excluding carboxylic acids is 1. The number of benzene rings is 1. The number of nitrogens with zero attached hydrogens (tertiary/aromatic N) is 1. The van der Waals surface area contributed by atoms with E-state index in [-0.39, 0.29) is 5.91 Å². The van der Waals surface area contributed by atoms with E-state index < -0.39 is 0 Å². The fourth-order valence-electron chi connectivity index (χ4n) is 2.91. The van der Waals surface area contributed by atoms with Crippen molar-refractivity contribution >= 4 is 5.91 Å². The minimum absolute atomic E-state index is 0.342. The Morgan fingerprint density at radius 2 is 1.85 bits per heavy atom. The summed E-state index contributed by atoms with van der Waals surface area (Å²) in [5.41, 5.74) is 10.6. The minimum Gasteiger partial charge on any atom is -0.366 e. The monoisotopic (exact) mass is 270 g/mol. The van der Waals surface area contributed by atoms with Crippen molar-refractivity contribution < 1.29 is 4.79 Å². The van der Waals surface area contributed by atoms with Gasteiger partial charge in [0, 0.05) is 23.5 Å². The van der Waals surface area contributed by atoms with Gasteiger partial charge in [-0.05, 0) is 25.3 Å². The molecule has 1 aromatic carbocycles. The Labute approximate surface area is 120 Å². The van der Waals surface area contributed by atoms with Crippen molar-refractivity contribution in [3.05, 3.63) is 47.3 Å². The van der Waals surface area contributed by atoms with Crippen LogP contribution in [0, 0.1) is 6.92 Å². The second-order valence-corrected chi connectivity index (χ2v) is 5.02. The van der Waals surface area contributed by atoms with Gasteiger partial charge in [-0.3, -0.25) is 4.79 Å². The molecule has 2 aromatic rings. The number of primary amides is 1. The van der Waals surface area contributed by atoms with Crippen LogP contribution in [0.4, 0.5) is 0 Å². The Morgan fingerprint density at radius 3 is 2.35 bits per heavy atom. The number of hydrogen-bond donors (Lipinski definition) is 1. The van der Waals surface area contributed by atoms with E-state index in [4.69, 9.17) is 5.73 Å². The van der Waals surface area contributed by atoms with E-state index in [1.807, 2.05) is 37.3 Å². The van der Waals surface area contributed by atoms with Gasteiger partial charge in [-0.25, -0.2) is 0 Å². The molecule has 20 heavy (non-hydrogen) atoms. The number of rotatable bonds is 5. The molecule has 0 spiro atoms. The van der Waals surface area contributed by atoms with Crippen molar-refractivity contribution in [1.29, 1.82) is 0 Å². The molecule has 1 aromatic heterocycles. The lowest BCUT2D eigenvalue weighted by molar-refractivity contribution is 0.1000. The van der Waals surface area contributed by atoms with E-state index in [1.165, 1.54) is 5.69 Å². The van der Waals surface area contributed by atoms with Gasteiger partial charge in [0.1, 0.15) is 0 Å². The van der Waals surface area contributed by atoms with Crippen LogP contribution in [0.15, 0.2) is 30.3 Å². The Bertz CT molecular complexity index is 612. The van der Waals surface area contributed by atoms with E-state index in [0.717, 1.165) is 36.2 Å². The van der Waals surface area contributed by atoms with Gasteiger partial charge in [0.05, 0.1) is 5.56 Å². The topological polar surface area (TPSA) is 48.0 Å². The van der Waals surface area contributed by atoms with Crippen molar-refractivity contribution in [2.45, 2.75) is 40.2 Å². The zero-order valence-corrected chi connectivity index (χ0v) is 12.4. The molecule has 3 heteroatoms. The summed E-state index contributed by atoms with van der Waals surface area (Å²) in [6.07, 6.45) is 1.92. The standard InChI is InChI=1S/C17H22N2O/c1-4-11-19-12(3)15(17(18)20)16(14(19)5-2)13-9-7-6-8-10-13/h6-10H,4-5,11H2,1-3H3,(H2,18,20). The van der Waals surface area contributed by atoms with Crippen LogP contribution in [0.5, 0.6) is 0 Å². The average Bonchev–Trinajstić information content (AvgIpc) is 2.73. The summed E-state index contributed by atoms with van der Waals surface area (Å²) >= 11 is 0. The molecule has 106 valence electrons. The normalized spacial score (nSPS) is 10.8. The molecule has 1 amide bonds. The maximum atomic E-state index is 11.9. The highest BCUT2D eigenvalue weighted by atomic mass is 16.1. The zero-order chi connectivity index (χ0) is 14.7. The van der Waals surface area contributed by atoms with Crippen molar-refractivity contribution in [2.24, 2.45) is 5.73 Å². The molecule has 1 heterocycles. The molecular weight excluding hydrogens is 248 g/mol. The maximum absolute atomic E-state index is 11.9. The van der Waals surface area contributed by atoms with Crippen LogP contribution in [-0.4, -0.2) is 10.5 Å². The Hall–Kier alpha value is -2.03. The van der Waals surface area contributed by atoms with Gasteiger partial charge < -0.3 is 10.3 Å². The predicted octanol–water partition coefficient (Wildman–Crippen LogP) is 3.53. The number of nitrogens with two attached hydrogens (primary N) is 1. The summed E-state index contributed by atoms with van der Waals surface area (Å²) in [5.74, 6) is -0.342. The zero-order valence-electron chi connectivity index (χ0n) is 12.4. The van der Waals surface area contributed by atoms with Crippen molar-refractivity contribution in [3.63, 3.8) is 0 Å². The molecular formula is C17H22N2O. The van der Waals surface area contributed by atoms with Crippen molar-refractivity contribution in [1.82, 2.24) is 4.57 Å². The highest BCUT2D eigenvalue weighted by Crippen LogP contribution is 2.33. The highest BCUT2D eigenvalue weighted by Gasteiger charge is 2.23. The number of carbonyl (C=O) groups is 1. The maximum Gasteiger partial charge on any atom is 0.251 e. The van der Waals surface area contributed by atoms with E-state index in [1.54, 1.807) is 0 Å². The van der Waals surface area contributed by atoms with Crippen LogP contribution < -0.4 is 5.73 Å². The van der Waals surface area contributed by atoms with Gasteiger partial charge in [0.25, 0.3) is 5.91 Å². The van der Waals surface area contributed by atoms with E-state index in [9.17, 15) is 4.79 Å². The summed E-state index contributed by atoms with van der Waals surface area (Å²) in [6, 6.07) is 10.0. The Morgan fingerprint density at radius 1 is 1.20 bits per heavy atom. The first-order valence-corrected chi connectivity index (χ1v) is 7.18. The highest BCUT2D eigenvalue weighted by molar-refractivity contribution is 6.02. The molecule has 0 fully saturated rings. The lowest BCUT2D eigenvalue weighted by atomic mass is 9.99. The number of aromatic nitrogens is 1. The van der Waals surface area contributed by atoms with Gasteiger partial charge >= 0.3 is 0 Å². The molecule has 0 radical (unpaired) electrons. The largest absolute Gasteiger partial charge is 0.366 e. The van der Waals surface area contributed by atoms with Gasteiger partial charge in [0.2, 0.25) is 0 Å². The van der Waals surface area contributed by atoms with Crippen LogP contribution in [0.25, 0.3) is 11.1 Å².